The molecule has 0 spiro atoms. The van der Waals surface area contributed by atoms with E-state index in [1.54, 1.807) is 22.5 Å². The number of rotatable bonds is 6. The van der Waals surface area contributed by atoms with Crippen LogP contribution in [-0.2, 0) is 19.3 Å². The predicted molar refractivity (Wildman–Crippen MR) is 90.0 cm³/mol. The summed E-state index contributed by atoms with van der Waals surface area (Å²) in [5, 5.41) is 7.16. The first-order chi connectivity index (χ1) is 10.3. The standard InChI is InChI=1S/C18H24N2S/c1-3-8-19-18(11-17-12-21-13(2)20-17)16-9-14-6-4-5-7-15(14)10-16/h4-7,12,16,18-19H,3,8-11H2,1-2H3. The minimum atomic E-state index is 0.541. The molecule has 2 nitrogen and oxygen atoms in total. The van der Waals surface area contributed by atoms with Crippen LogP contribution in [0.1, 0.15) is 35.2 Å². The largest absolute Gasteiger partial charge is 0.313 e. The van der Waals surface area contributed by atoms with Gasteiger partial charge in [-0.3, -0.25) is 0 Å². The maximum Gasteiger partial charge on any atom is 0.0897 e. The minimum absolute atomic E-state index is 0.541. The Morgan fingerprint density at radius 1 is 1.29 bits per heavy atom. The Morgan fingerprint density at radius 2 is 2.00 bits per heavy atom. The average Bonchev–Trinajstić information content (AvgIpc) is 3.09. The van der Waals surface area contributed by atoms with Crippen molar-refractivity contribution in [3.63, 3.8) is 0 Å². The molecule has 0 fully saturated rings. The highest BCUT2D eigenvalue weighted by Crippen LogP contribution is 2.30. The van der Waals surface area contributed by atoms with E-state index in [0.29, 0.717) is 12.0 Å². The SMILES string of the molecule is CCCNC(Cc1csc(C)n1)C1Cc2ccccc2C1. The van der Waals surface area contributed by atoms with Crippen molar-refractivity contribution in [2.75, 3.05) is 6.54 Å². The number of nitrogens with one attached hydrogen (secondary N) is 1. The van der Waals surface area contributed by atoms with Crippen molar-refractivity contribution in [3.8, 4) is 0 Å². The molecule has 3 heteroatoms. The lowest BCUT2D eigenvalue weighted by molar-refractivity contribution is 0.360. The summed E-state index contributed by atoms with van der Waals surface area (Å²) in [6, 6.07) is 9.45. The second-order valence-electron chi connectivity index (χ2n) is 6.06. The summed E-state index contributed by atoms with van der Waals surface area (Å²) in [5.74, 6) is 0.705. The van der Waals surface area contributed by atoms with Gasteiger partial charge in [0.05, 0.1) is 10.7 Å². The van der Waals surface area contributed by atoms with E-state index >= 15 is 0 Å². The molecule has 1 aliphatic carbocycles. The third kappa shape index (κ3) is 3.53. The maximum absolute atomic E-state index is 4.66. The molecular weight excluding hydrogens is 276 g/mol. The van der Waals surface area contributed by atoms with E-state index in [2.05, 4.69) is 53.8 Å². The highest BCUT2D eigenvalue weighted by molar-refractivity contribution is 7.09. The Balaban J connectivity index is 1.71. The fraction of sp³-hybridized carbons (Fsp3) is 0.500. The molecule has 3 rings (SSSR count). The first kappa shape index (κ1) is 14.7. The van der Waals surface area contributed by atoms with Crippen LogP contribution in [0.3, 0.4) is 0 Å². The number of aromatic nitrogens is 1. The van der Waals surface area contributed by atoms with E-state index < -0.39 is 0 Å². The van der Waals surface area contributed by atoms with E-state index in [1.165, 1.54) is 30.0 Å². The number of fused-ring (bicyclic) bond motifs is 1. The van der Waals surface area contributed by atoms with Crippen LogP contribution in [0.2, 0.25) is 0 Å². The van der Waals surface area contributed by atoms with Crippen molar-refractivity contribution in [1.82, 2.24) is 10.3 Å². The Hall–Kier alpha value is -1.19. The summed E-state index contributed by atoms with van der Waals surface area (Å²) in [7, 11) is 0. The van der Waals surface area contributed by atoms with Gasteiger partial charge in [0, 0.05) is 17.8 Å². The van der Waals surface area contributed by atoms with Gasteiger partial charge in [-0.1, -0.05) is 31.2 Å². The van der Waals surface area contributed by atoms with Crippen LogP contribution in [0.4, 0.5) is 0 Å². The fourth-order valence-corrected chi connectivity index (χ4v) is 3.97. The van der Waals surface area contributed by atoms with Gasteiger partial charge in [-0.05, 0) is 49.8 Å². The molecule has 0 saturated heterocycles. The van der Waals surface area contributed by atoms with E-state index in [4.69, 9.17) is 0 Å². The molecule has 1 N–H and O–H groups in total. The Kier molecular flexibility index (Phi) is 4.71. The maximum atomic E-state index is 4.66. The molecule has 0 saturated carbocycles. The lowest BCUT2D eigenvalue weighted by Crippen LogP contribution is -2.39. The van der Waals surface area contributed by atoms with E-state index in [-0.39, 0.29) is 0 Å². The van der Waals surface area contributed by atoms with Crippen LogP contribution in [0.5, 0.6) is 0 Å². The van der Waals surface area contributed by atoms with Crippen LogP contribution in [-0.4, -0.2) is 17.6 Å². The third-order valence-electron chi connectivity index (χ3n) is 4.40. The van der Waals surface area contributed by atoms with Gasteiger partial charge < -0.3 is 5.32 Å². The molecule has 2 aromatic rings. The van der Waals surface area contributed by atoms with Gasteiger partial charge in [0.25, 0.3) is 0 Å². The molecule has 1 aliphatic rings. The van der Waals surface area contributed by atoms with Crippen molar-refractivity contribution in [3.05, 3.63) is 51.5 Å². The molecule has 0 bridgehead atoms. The number of thiazole rings is 1. The summed E-state index contributed by atoms with van der Waals surface area (Å²) < 4.78 is 0. The zero-order valence-corrected chi connectivity index (χ0v) is 13.7. The summed E-state index contributed by atoms with van der Waals surface area (Å²) in [4.78, 5) is 4.66. The van der Waals surface area contributed by atoms with Gasteiger partial charge in [-0.25, -0.2) is 4.98 Å². The molecule has 0 radical (unpaired) electrons. The van der Waals surface area contributed by atoms with Crippen LogP contribution in [0.25, 0.3) is 0 Å². The number of benzene rings is 1. The monoisotopic (exact) mass is 300 g/mol. The van der Waals surface area contributed by atoms with Crippen molar-refractivity contribution >= 4 is 11.3 Å². The topological polar surface area (TPSA) is 24.9 Å². The average molecular weight is 300 g/mol. The van der Waals surface area contributed by atoms with Crippen molar-refractivity contribution in [1.29, 1.82) is 0 Å². The van der Waals surface area contributed by atoms with Gasteiger partial charge in [0.15, 0.2) is 0 Å². The van der Waals surface area contributed by atoms with Gasteiger partial charge in [-0.15, -0.1) is 11.3 Å². The number of hydrogen-bond acceptors (Lipinski definition) is 3. The Bertz CT molecular complexity index is 565. The number of nitrogens with zero attached hydrogens (tertiary/aromatic N) is 1. The molecule has 21 heavy (non-hydrogen) atoms. The second kappa shape index (κ2) is 6.71. The molecule has 1 aromatic heterocycles. The van der Waals surface area contributed by atoms with E-state index in [0.717, 1.165) is 13.0 Å². The summed E-state index contributed by atoms with van der Waals surface area (Å²) in [6.07, 6.45) is 4.66. The predicted octanol–water partition coefficient (Wildman–Crippen LogP) is 3.78. The molecule has 1 unspecified atom stereocenters. The molecule has 0 amide bonds. The van der Waals surface area contributed by atoms with Crippen molar-refractivity contribution in [2.45, 2.75) is 45.6 Å². The molecule has 1 heterocycles. The van der Waals surface area contributed by atoms with Crippen molar-refractivity contribution < 1.29 is 0 Å². The lowest BCUT2D eigenvalue weighted by Gasteiger charge is -2.24. The number of hydrogen-bond donors (Lipinski definition) is 1. The first-order valence-electron chi connectivity index (χ1n) is 7.97. The quantitative estimate of drug-likeness (QED) is 0.878. The van der Waals surface area contributed by atoms with Crippen LogP contribution in [0, 0.1) is 12.8 Å². The Labute approximate surface area is 131 Å². The van der Waals surface area contributed by atoms with Gasteiger partial charge in [0.1, 0.15) is 0 Å². The normalized spacial score (nSPS) is 16.1. The van der Waals surface area contributed by atoms with E-state index in [1.807, 2.05) is 0 Å². The lowest BCUT2D eigenvalue weighted by atomic mass is 9.93. The molecule has 0 aliphatic heterocycles. The van der Waals surface area contributed by atoms with Crippen LogP contribution >= 0.6 is 11.3 Å². The third-order valence-corrected chi connectivity index (χ3v) is 5.23. The highest BCUT2D eigenvalue weighted by Gasteiger charge is 2.28. The molecular formula is C18H24N2S. The zero-order chi connectivity index (χ0) is 14.7. The number of aryl methyl sites for hydroxylation is 1. The zero-order valence-electron chi connectivity index (χ0n) is 12.9. The highest BCUT2D eigenvalue weighted by atomic mass is 32.1. The van der Waals surface area contributed by atoms with Crippen LogP contribution in [0.15, 0.2) is 29.6 Å². The Morgan fingerprint density at radius 3 is 2.57 bits per heavy atom. The minimum Gasteiger partial charge on any atom is -0.313 e. The van der Waals surface area contributed by atoms with E-state index in [9.17, 15) is 0 Å². The summed E-state index contributed by atoms with van der Waals surface area (Å²) >= 11 is 1.76. The summed E-state index contributed by atoms with van der Waals surface area (Å²) in [6.45, 7) is 5.43. The molecule has 1 atom stereocenters. The van der Waals surface area contributed by atoms with Gasteiger partial charge in [0.2, 0.25) is 0 Å². The molecule has 112 valence electrons. The summed E-state index contributed by atoms with van der Waals surface area (Å²) in [5.41, 5.74) is 4.34. The van der Waals surface area contributed by atoms with Gasteiger partial charge >= 0.3 is 0 Å². The fourth-order valence-electron chi connectivity index (χ4n) is 3.34. The second-order valence-corrected chi connectivity index (χ2v) is 7.12. The van der Waals surface area contributed by atoms with Crippen molar-refractivity contribution in [2.24, 2.45) is 5.92 Å². The molecule has 1 aromatic carbocycles. The van der Waals surface area contributed by atoms with Crippen LogP contribution < -0.4 is 5.32 Å². The van der Waals surface area contributed by atoms with Gasteiger partial charge in [-0.2, -0.15) is 0 Å². The smallest absolute Gasteiger partial charge is 0.0897 e. The first-order valence-corrected chi connectivity index (χ1v) is 8.85.